The van der Waals surface area contributed by atoms with Crippen molar-refractivity contribution in [2.45, 2.75) is 36.4 Å². The molecule has 0 spiro atoms. The Balaban J connectivity index is 2.37. The Morgan fingerprint density at radius 2 is 2.06 bits per heavy atom. The Hall–Kier alpha value is -0.680. The van der Waals surface area contributed by atoms with Crippen LogP contribution < -0.4 is 5.32 Å². The van der Waals surface area contributed by atoms with Crippen LogP contribution in [0, 0.1) is 0 Å². The van der Waals surface area contributed by atoms with Crippen molar-refractivity contribution < 1.29 is 13.2 Å². The average Bonchev–Trinajstić information content (AvgIpc) is 2.74. The van der Waals surface area contributed by atoms with E-state index in [2.05, 4.69) is 5.32 Å². The third kappa shape index (κ3) is 2.67. The SMILES string of the molecule is CNC(C)C(c1ccc2c(c1)SCC2)C(F)(F)F. The van der Waals surface area contributed by atoms with E-state index in [4.69, 9.17) is 0 Å². The van der Waals surface area contributed by atoms with Crippen molar-refractivity contribution in [1.82, 2.24) is 5.32 Å². The van der Waals surface area contributed by atoms with Gasteiger partial charge in [-0.15, -0.1) is 11.8 Å². The molecule has 2 unspecified atom stereocenters. The van der Waals surface area contributed by atoms with Gasteiger partial charge in [0.05, 0.1) is 5.92 Å². The van der Waals surface area contributed by atoms with E-state index in [-0.39, 0.29) is 0 Å². The van der Waals surface area contributed by atoms with E-state index in [9.17, 15) is 13.2 Å². The molecule has 0 bridgehead atoms. The van der Waals surface area contributed by atoms with Crippen LogP contribution in [0.5, 0.6) is 0 Å². The summed E-state index contributed by atoms with van der Waals surface area (Å²) in [6, 6.07) is 4.54. The average molecular weight is 275 g/mol. The quantitative estimate of drug-likeness (QED) is 0.904. The lowest BCUT2D eigenvalue weighted by Gasteiger charge is -2.26. The zero-order chi connectivity index (χ0) is 13.3. The highest BCUT2D eigenvalue weighted by Gasteiger charge is 2.43. The molecular formula is C13H16F3NS. The van der Waals surface area contributed by atoms with Crippen LogP contribution in [0.4, 0.5) is 13.2 Å². The Morgan fingerprint density at radius 1 is 1.33 bits per heavy atom. The van der Waals surface area contributed by atoms with E-state index >= 15 is 0 Å². The smallest absolute Gasteiger partial charge is 0.316 e. The highest BCUT2D eigenvalue weighted by atomic mass is 32.2. The number of hydrogen-bond donors (Lipinski definition) is 1. The van der Waals surface area contributed by atoms with Crippen LogP contribution in [0.2, 0.25) is 0 Å². The number of benzene rings is 1. The second-order valence-corrected chi connectivity index (χ2v) is 5.70. The fourth-order valence-electron chi connectivity index (χ4n) is 2.30. The summed E-state index contributed by atoms with van der Waals surface area (Å²) < 4.78 is 39.4. The number of thioether (sulfide) groups is 1. The molecule has 1 aliphatic rings. The Kier molecular flexibility index (Phi) is 3.92. The third-order valence-corrected chi connectivity index (χ3v) is 4.49. The van der Waals surface area contributed by atoms with Crippen LogP contribution in [0.1, 0.15) is 24.0 Å². The number of halogens is 3. The first-order valence-corrected chi connectivity index (χ1v) is 6.91. The van der Waals surface area contributed by atoms with Gasteiger partial charge in [-0.2, -0.15) is 13.2 Å². The van der Waals surface area contributed by atoms with Gasteiger partial charge < -0.3 is 5.32 Å². The van der Waals surface area contributed by atoms with E-state index in [0.29, 0.717) is 5.56 Å². The summed E-state index contributed by atoms with van der Waals surface area (Å²) in [5.74, 6) is -0.481. The van der Waals surface area contributed by atoms with E-state index in [1.54, 1.807) is 37.9 Å². The fraction of sp³-hybridized carbons (Fsp3) is 0.538. The summed E-state index contributed by atoms with van der Waals surface area (Å²) in [4.78, 5) is 1.00. The minimum Gasteiger partial charge on any atom is -0.316 e. The molecule has 0 saturated carbocycles. The van der Waals surface area contributed by atoms with Crippen LogP contribution in [-0.4, -0.2) is 25.0 Å². The maximum absolute atomic E-state index is 13.1. The molecule has 1 aromatic rings. The number of hydrogen-bond acceptors (Lipinski definition) is 2. The van der Waals surface area contributed by atoms with Crippen LogP contribution >= 0.6 is 11.8 Å². The molecule has 1 aliphatic heterocycles. The van der Waals surface area contributed by atoms with Crippen molar-refractivity contribution in [3.63, 3.8) is 0 Å². The molecular weight excluding hydrogens is 259 g/mol. The van der Waals surface area contributed by atoms with Gasteiger partial charge in [0.15, 0.2) is 0 Å². The maximum Gasteiger partial charge on any atom is 0.397 e. The molecule has 1 nitrogen and oxygen atoms in total. The second kappa shape index (κ2) is 5.13. The topological polar surface area (TPSA) is 12.0 Å². The molecule has 100 valence electrons. The molecule has 0 aromatic heterocycles. The maximum atomic E-state index is 13.1. The monoisotopic (exact) mass is 275 g/mol. The molecule has 2 rings (SSSR count). The van der Waals surface area contributed by atoms with E-state index in [0.717, 1.165) is 17.1 Å². The molecule has 0 aliphatic carbocycles. The van der Waals surface area contributed by atoms with Gasteiger partial charge in [0.2, 0.25) is 0 Å². The molecule has 5 heteroatoms. The summed E-state index contributed by atoms with van der Waals surface area (Å²) in [5, 5.41) is 2.71. The minimum absolute atomic E-state index is 0.359. The molecule has 1 aromatic carbocycles. The van der Waals surface area contributed by atoms with Crippen molar-refractivity contribution in [3.8, 4) is 0 Å². The van der Waals surface area contributed by atoms with Crippen molar-refractivity contribution >= 4 is 11.8 Å². The lowest BCUT2D eigenvalue weighted by molar-refractivity contribution is -0.155. The van der Waals surface area contributed by atoms with E-state index in [1.165, 1.54) is 5.56 Å². The second-order valence-electron chi connectivity index (χ2n) is 4.56. The molecule has 18 heavy (non-hydrogen) atoms. The van der Waals surface area contributed by atoms with Crippen molar-refractivity contribution in [2.75, 3.05) is 12.8 Å². The van der Waals surface area contributed by atoms with Gasteiger partial charge in [-0.3, -0.25) is 0 Å². The lowest BCUT2D eigenvalue weighted by atomic mass is 9.91. The van der Waals surface area contributed by atoms with Crippen LogP contribution in [0.25, 0.3) is 0 Å². The lowest BCUT2D eigenvalue weighted by Crippen LogP contribution is -2.38. The molecule has 0 radical (unpaired) electrons. The predicted octanol–water partition coefficient (Wildman–Crippen LogP) is 3.59. The van der Waals surface area contributed by atoms with Crippen molar-refractivity contribution in [3.05, 3.63) is 29.3 Å². The molecule has 1 heterocycles. The number of rotatable bonds is 3. The van der Waals surface area contributed by atoms with Crippen LogP contribution in [-0.2, 0) is 6.42 Å². The molecule has 0 fully saturated rings. The zero-order valence-electron chi connectivity index (χ0n) is 10.3. The van der Waals surface area contributed by atoms with Gasteiger partial charge in [0.1, 0.15) is 0 Å². The van der Waals surface area contributed by atoms with Gasteiger partial charge in [0.25, 0.3) is 0 Å². The van der Waals surface area contributed by atoms with Crippen LogP contribution in [0.3, 0.4) is 0 Å². The molecule has 1 N–H and O–H groups in total. The molecule has 0 saturated heterocycles. The number of likely N-dealkylation sites (N-methyl/N-ethyl adjacent to an activating group) is 1. The summed E-state index contributed by atoms with van der Waals surface area (Å²) in [6.45, 7) is 1.57. The number of aryl methyl sites for hydroxylation is 1. The number of fused-ring (bicyclic) bond motifs is 1. The van der Waals surface area contributed by atoms with Gasteiger partial charge >= 0.3 is 6.18 Å². The standard InChI is InChI=1S/C13H16F3NS/c1-8(17-2)12(13(14,15)16)10-4-3-9-5-6-18-11(9)7-10/h3-4,7-8,12,17H,5-6H2,1-2H3. The first-order valence-electron chi connectivity index (χ1n) is 5.93. The zero-order valence-corrected chi connectivity index (χ0v) is 11.2. The fourth-order valence-corrected chi connectivity index (χ4v) is 3.42. The molecule has 2 atom stereocenters. The first-order chi connectivity index (χ1) is 8.43. The number of alkyl halides is 3. The van der Waals surface area contributed by atoms with E-state index < -0.39 is 18.1 Å². The van der Waals surface area contributed by atoms with Gasteiger partial charge in [-0.25, -0.2) is 0 Å². The largest absolute Gasteiger partial charge is 0.397 e. The Labute approximate surface area is 109 Å². The van der Waals surface area contributed by atoms with Gasteiger partial charge in [-0.05, 0) is 37.6 Å². The highest BCUT2D eigenvalue weighted by Crippen LogP contribution is 2.40. The summed E-state index contributed by atoms with van der Waals surface area (Å²) in [5.41, 5.74) is 1.53. The highest BCUT2D eigenvalue weighted by molar-refractivity contribution is 7.99. The van der Waals surface area contributed by atoms with Gasteiger partial charge in [-0.1, -0.05) is 12.1 Å². The normalized spacial score (nSPS) is 18.5. The predicted molar refractivity (Wildman–Crippen MR) is 68.2 cm³/mol. The van der Waals surface area contributed by atoms with Gasteiger partial charge in [0, 0.05) is 16.7 Å². The minimum atomic E-state index is -4.22. The summed E-state index contributed by atoms with van der Waals surface area (Å²) in [7, 11) is 1.56. The summed E-state index contributed by atoms with van der Waals surface area (Å²) in [6.07, 6.45) is -3.27. The van der Waals surface area contributed by atoms with Crippen molar-refractivity contribution in [2.24, 2.45) is 0 Å². The Bertz CT molecular complexity index is 431. The third-order valence-electron chi connectivity index (χ3n) is 3.39. The van der Waals surface area contributed by atoms with Crippen molar-refractivity contribution in [1.29, 1.82) is 0 Å². The Morgan fingerprint density at radius 3 is 2.67 bits per heavy atom. The van der Waals surface area contributed by atoms with E-state index in [1.807, 2.05) is 6.07 Å². The summed E-state index contributed by atoms with van der Waals surface area (Å²) >= 11 is 1.64. The number of nitrogens with one attached hydrogen (secondary N) is 1. The molecule has 0 amide bonds. The van der Waals surface area contributed by atoms with Crippen LogP contribution in [0.15, 0.2) is 23.1 Å². The first kappa shape index (κ1) is 13.7.